The molecule has 4 rings (SSSR count). The van der Waals surface area contributed by atoms with Gasteiger partial charge < -0.3 is 9.64 Å². The summed E-state index contributed by atoms with van der Waals surface area (Å²) in [6.07, 6.45) is 4.90. The number of benzene rings is 1. The van der Waals surface area contributed by atoms with Crippen LogP contribution in [0.5, 0.6) is 5.75 Å². The summed E-state index contributed by atoms with van der Waals surface area (Å²) in [4.78, 5) is 24.7. The molecule has 6 nitrogen and oxygen atoms in total. The Balaban J connectivity index is 1.34. The zero-order valence-corrected chi connectivity index (χ0v) is 17.9. The smallest absolute Gasteiger partial charge is 0.239 e. The molecule has 0 spiro atoms. The number of ether oxygens (including phenoxy) is 1. The van der Waals surface area contributed by atoms with E-state index in [2.05, 4.69) is 37.9 Å². The summed E-state index contributed by atoms with van der Waals surface area (Å²) in [6, 6.07) is 14.2. The summed E-state index contributed by atoms with van der Waals surface area (Å²) in [5.74, 6) is 1.17. The zero-order chi connectivity index (χ0) is 20.8. The lowest BCUT2D eigenvalue weighted by atomic mass is 10.1. The van der Waals surface area contributed by atoms with Crippen LogP contribution in [-0.4, -0.2) is 71.5 Å². The molecule has 0 N–H and O–H groups in total. The number of carbonyl (C=O) groups excluding carboxylic acids is 1. The number of rotatable bonds is 6. The van der Waals surface area contributed by atoms with Gasteiger partial charge in [0.05, 0.1) is 18.8 Å². The highest BCUT2D eigenvalue weighted by Gasteiger charge is 2.34. The van der Waals surface area contributed by atoms with E-state index in [-0.39, 0.29) is 6.04 Å². The summed E-state index contributed by atoms with van der Waals surface area (Å²) < 4.78 is 5.35. The molecule has 2 saturated heterocycles. The Labute approximate surface area is 179 Å². The van der Waals surface area contributed by atoms with Crippen LogP contribution in [0, 0.1) is 0 Å². The van der Waals surface area contributed by atoms with E-state index in [1.807, 2.05) is 30.5 Å². The van der Waals surface area contributed by atoms with Crippen molar-refractivity contribution < 1.29 is 9.53 Å². The molecule has 3 heterocycles. The molecule has 1 aromatic carbocycles. The molecule has 0 saturated carbocycles. The first-order valence-electron chi connectivity index (χ1n) is 11.0. The molecule has 2 aliphatic rings. The molecule has 1 atom stereocenters. The van der Waals surface area contributed by atoms with E-state index < -0.39 is 0 Å². The molecule has 1 amide bonds. The molecule has 1 aromatic heterocycles. The van der Waals surface area contributed by atoms with Crippen LogP contribution in [0.4, 0.5) is 0 Å². The molecule has 1 unspecified atom stereocenters. The van der Waals surface area contributed by atoms with Crippen LogP contribution in [0.15, 0.2) is 48.7 Å². The summed E-state index contributed by atoms with van der Waals surface area (Å²) >= 11 is 0. The minimum Gasteiger partial charge on any atom is -0.497 e. The van der Waals surface area contributed by atoms with Gasteiger partial charge in [-0.05, 0) is 55.6 Å². The molecule has 2 aromatic rings. The van der Waals surface area contributed by atoms with Crippen molar-refractivity contribution in [1.82, 2.24) is 19.7 Å². The van der Waals surface area contributed by atoms with Crippen molar-refractivity contribution in [3.05, 3.63) is 59.9 Å². The van der Waals surface area contributed by atoms with Gasteiger partial charge in [-0.2, -0.15) is 0 Å². The van der Waals surface area contributed by atoms with Crippen LogP contribution in [-0.2, 0) is 17.9 Å². The lowest BCUT2D eigenvalue weighted by Gasteiger charge is -2.30. The molecular weight excluding hydrogens is 376 g/mol. The molecule has 0 radical (unpaired) electrons. The molecule has 160 valence electrons. The van der Waals surface area contributed by atoms with Crippen molar-refractivity contribution in [2.75, 3.05) is 39.8 Å². The second-order valence-corrected chi connectivity index (χ2v) is 8.26. The molecule has 0 bridgehead atoms. The number of pyridine rings is 1. The Kier molecular flexibility index (Phi) is 6.97. The Morgan fingerprint density at radius 3 is 2.80 bits per heavy atom. The number of nitrogens with zero attached hydrogens (tertiary/aromatic N) is 4. The molecule has 6 heteroatoms. The fraction of sp³-hybridized carbons (Fsp3) is 0.500. The highest BCUT2D eigenvalue weighted by molar-refractivity contribution is 5.82. The fourth-order valence-corrected chi connectivity index (χ4v) is 4.58. The van der Waals surface area contributed by atoms with Crippen molar-refractivity contribution >= 4 is 5.91 Å². The third-order valence-corrected chi connectivity index (χ3v) is 6.18. The van der Waals surface area contributed by atoms with Crippen LogP contribution in [0.3, 0.4) is 0 Å². The monoisotopic (exact) mass is 408 g/mol. The highest BCUT2D eigenvalue weighted by atomic mass is 16.5. The van der Waals surface area contributed by atoms with E-state index in [9.17, 15) is 4.79 Å². The van der Waals surface area contributed by atoms with Gasteiger partial charge in [-0.25, -0.2) is 0 Å². The van der Waals surface area contributed by atoms with E-state index in [1.165, 1.54) is 5.56 Å². The maximum absolute atomic E-state index is 13.4. The van der Waals surface area contributed by atoms with Crippen LogP contribution in [0.25, 0.3) is 0 Å². The maximum Gasteiger partial charge on any atom is 0.239 e. The van der Waals surface area contributed by atoms with Crippen molar-refractivity contribution in [3.8, 4) is 5.75 Å². The van der Waals surface area contributed by atoms with Gasteiger partial charge in [0.2, 0.25) is 5.91 Å². The molecule has 2 aliphatic heterocycles. The van der Waals surface area contributed by atoms with Crippen molar-refractivity contribution in [1.29, 1.82) is 0 Å². The van der Waals surface area contributed by atoms with Crippen molar-refractivity contribution in [2.24, 2.45) is 0 Å². The highest BCUT2D eigenvalue weighted by Crippen LogP contribution is 2.24. The molecular formula is C24H32N4O2. The average molecular weight is 409 g/mol. The van der Waals surface area contributed by atoms with Gasteiger partial charge in [-0.3, -0.25) is 19.6 Å². The van der Waals surface area contributed by atoms with Gasteiger partial charge in [0.1, 0.15) is 5.75 Å². The second kappa shape index (κ2) is 10.0. The van der Waals surface area contributed by atoms with E-state index in [0.29, 0.717) is 5.91 Å². The summed E-state index contributed by atoms with van der Waals surface area (Å²) in [5, 5.41) is 0. The van der Waals surface area contributed by atoms with E-state index in [0.717, 1.165) is 76.5 Å². The first kappa shape index (κ1) is 20.8. The SMILES string of the molecule is COc1cccc(CN2CCCC2C(=O)N2CCCN(Cc3ccccn3)CC2)c1. The minimum absolute atomic E-state index is 0.00135. The topological polar surface area (TPSA) is 48.9 Å². The normalized spacial score (nSPS) is 20.8. The molecule has 30 heavy (non-hydrogen) atoms. The first-order valence-corrected chi connectivity index (χ1v) is 11.0. The third kappa shape index (κ3) is 5.18. The average Bonchev–Trinajstić information content (AvgIpc) is 3.11. The standard InChI is InChI=1S/C24H32N4O2/c1-30-22-9-4-7-20(17-22)18-28-13-5-10-23(28)24(29)27-14-6-12-26(15-16-27)19-21-8-2-3-11-25-21/h2-4,7-9,11,17,23H,5-6,10,12-16,18-19H2,1H3. The third-order valence-electron chi connectivity index (χ3n) is 6.18. The van der Waals surface area contributed by atoms with Crippen LogP contribution in [0.1, 0.15) is 30.5 Å². The number of hydrogen-bond donors (Lipinski definition) is 0. The molecule has 0 aliphatic carbocycles. The minimum atomic E-state index is -0.00135. The number of aromatic nitrogens is 1. The maximum atomic E-state index is 13.4. The van der Waals surface area contributed by atoms with Crippen LogP contribution >= 0.6 is 0 Å². The zero-order valence-electron chi connectivity index (χ0n) is 17.9. The number of carbonyl (C=O) groups is 1. The Hall–Kier alpha value is -2.44. The van der Waals surface area contributed by atoms with Gasteiger partial charge in [-0.1, -0.05) is 18.2 Å². The Bertz CT molecular complexity index is 829. The predicted molar refractivity (Wildman–Crippen MR) is 117 cm³/mol. The Morgan fingerprint density at radius 1 is 1.03 bits per heavy atom. The second-order valence-electron chi connectivity index (χ2n) is 8.26. The van der Waals surface area contributed by atoms with E-state index in [4.69, 9.17) is 4.74 Å². The summed E-state index contributed by atoms with van der Waals surface area (Å²) in [6.45, 7) is 6.20. The predicted octanol–water partition coefficient (Wildman–Crippen LogP) is 2.79. The summed E-state index contributed by atoms with van der Waals surface area (Å²) in [5.41, 5.74) is 2.30. The quantitative estimate of drug-likeness (QED) is 0.736. The largest absolute Gasteiger partial charge is 0.497 e. The first-order chi connectivity index (χ1) is 14.7. The van der Waals surface area contributed by atoms with E-state index >= 15 is 0 Å². The van der Waals surface area contributed by atoms with Gasteiger partial charge >= 0.3 is 0 Å². The van der Waals surface area contributed by atoms with Gasteiger partial charge in [0.25, 0.3) is 0 Å². The van der Waals surface area contributed by atoms with Gasteiger partial charge in [0.15, 0.2) is 0 Å². The van der Waals surface area contributed by atoms with Crippen LogP contribution in [0.2, 0.25) is 0 Å². The van der Waals surface area contributed by atoms with Crippen LogP contribution < -0.4 is 4.74 Å². The Morgan fingerprint density at radius 2 is 1.97 bits per heavy atom. The number of amides is 1. The fourth-order valence-electron chi connectivity index (χ4n) is 4.58. The van der Waals surface area contributed by atoms with Crippen molar-refractivity contribution in [3.63, 3.8) is 0 Å². The van der Waals surface area contributed by atoms with Gasteiger partial charge in [0, 0.05) is 45.5 Å². The van der Waals surface area contributed by atoms with Crippen molar-refractivity contribution in [2.45, 2.75) is 38.4 Å². The lowest BCUT2D eigenvalue weighted by Crippen LogP contribution is -2.46. The lowest BCUT2D eigenvalue weighted by molar-refractivity contribution is -0.136. The number of likely N-dealkylation sites (tertiary alicyclic amines) is 1. The summed E-state index contributed by atoms with van der Waals surface area (Å²) in [7, 11) is 1.69. The molecule has 2 fully saturated rings. The number of hydrogen-bond acceptors (Lipinski definition) is 5. The van der Waals surface area contributed by atoms with Gasteiger partial charge in [-0.15, -0.1) is 0 Å². The number of methoxy groups -OCH3 is 1. The van der Waals surface area contributed by atoms with E-state index in [1.54, 1.807) is 7.11 Å².